The Hall–Kier alpha value is -1.88. The van der Waals surface area contributed by atoms with Crippen LogP contribution < -0.4 is 0 Å². The minimum absolute atomic E-state index is 0.0349. The molecule has 1 aromatic carbocycles. The van der Waals surface area contributed by atoms with Crippen LogP contribution in [0.3, 0.4) is 0 Å². The number of benzene rings is 1. The van der Waals surface area contributed by atoms with Crippen LogP contribution in [0.4, 0.5) is 0 Å². The second kappa shape index (κ2) is 4.66. The van der Waals surface area contributed by atoms with Crippen molar-refractivity contribution in [3.05, 3.63) is 30.1 Å². The zero-order valence-electron chi connectivity index (χ0n) is 11.7. The summed E-state index contributed by atoms with van der Waals surface area (Å²) in [5, 5.41) is 9.16. The highest BCUT2D eigenvalue weighted by Gasteiger charge is 2.22. The number of nitrogens with zero attached hydrogens (tertiary/aromatic N) is 3. The molecule has 0 saturated heterocycles. The summed E-state index contributed by atoms with van der Waals surface area (Å²) in [6, 6.07) is 5.24. The fourth-order valence-electron chi connectivity index (χ4n) is 1.95. The molecule has 0 amide bonds. The molecule has 0 aliphatic carbocycles. The molecular weight excluding hydrogens is 242 g/mol. The highest BCUT2D eigenvalue weighted by atomic mass is 16.4. The summed E-state index contributed by atoms with van der Waals surface area (Å²) in [6.07, 6.45) is 1.71. The van der Waals surface area contributed by atoms with Crippen molar-refractivity contribution in [3.63, 3.8) is 0 Å². The van der Waals surface area contributed by atoms with Crippen molar-refractivity contribution in [1.29, 1.82) is 0 Å². The molecule has 0 unspecified atom stereocenters. The van der Waals surface area contributed by atoms with Crippen LogP contribution in [0.15, 0.2) is 24.5 Å². The van der Waals surface area contributed by atoms with E-state index >= 15 is 0 Å². The predicted octanol–water partition coefficient (Wildman–Crippen LogP) is 2.07. The molecule has 2 rings (SSSR count). The van der Waals surface area contributed by atoms with Gasteiger partial charge in [0.05, 0.1) is 17.4 Å². The molecule has 5 nitrogen and oxygen atoms in total. The van der Waals surface area contributed by atoms with Crippen LogP contribution in [-0.2, 0) is 6.54 Å². The van der Waals surface area contributed by atoms with Gasteiger partial charge < -0.3 is 14.6 Å². The van der Waals surface area contributed by atoms with Crippen LogP contribution in [0.1, 0.15) is 24.2 Å². The van der Waals surface area contributed by atoms with Gasteiger partial charge in [0.2, 0.25) is 0 Å². The number of carboxylic acids is 1. The summed E-state index contributed by atoms with van der Waals surface area (Å²) in [5.41, 5.74) is 1.62. The number of rotatable bonds is 4. The molecule has 0 bridgehead atoms. The van der Waals surface area contributed by atoms with E-state index in [9.17, 15) is 4.79 Å². The van der Waals surface area contributed by atoms with Crippen molar-refractivity contribution < 1.29 is 9.90 Å². The Bertz CT molecular complexity index is 614. The fraction of sp³-hybridized carbons (Fsp3) is 0.429. The van der Waals surface area contributed by atoms with Gasteiger partial charge in [-0.15, -0.1) is 0 Å². The lowest BCUT2D eigenvalue weighted by molar-refractivity contribution is 0.0699. The Morgan fingerprint density at radius 3 is 2.68 bits per heavy atom. The van der Waals surface area contributed by atoms with Crippen molar-refractivity contribution in [2.24, 2.45) is 0 Å². The SMILES string of the molecule is CN(C)C(C)(C)Cn1cnc2c(C(=O)O)cccc21. The van der Waals surface area contributed by atoms with Crippen LogP contribution in [0, 0.1) is 0 Å². The van der Waals surface area contributed by atoms with E-state index in [0.29, 0.717) is 5.52 Å². The summed E-state index contributed by atoms with van der Waals surface area (Å²) < 4.78 is 2.00. The van der Waals surface area contributed by atoms with Gasteiger partial charge in [0, 0.05) is 12.1 Å². The van der Waals surface area contributed by atoms with Crippen LogP contribution in [0.25, 0.3) is 11.0 Å². The summed E-state index contributed by atoms with van der Waals surface area (Å²) >= 11 is 0. The molecular formula is C14H19N3O2. The highest BCUT2D eigenvalue weighted by molar-refractivity contribution is 6.00. The topological polar surface area (TPSA) is 58.4 Å². The smallest absolute Gasteiger partial charge is 0.337 e. The second-order valence-electron chi connectivity index (χ2n) is 5.56. The Kier molecular flexibility index (Phi) is 3.32. The first-order chi connectivity index (χ1) is 8.83. The number of likely N-dealkylation sites (N-methyl/N-ethyl adjacent to an activating group) is 1. The quantitative estimate of drug-likeness (QED) is 0.915. The van der Waals surface area contributed by atoms with E-state index in [0.717, 1.165) is 12.1 Å². The maximum Gasteiger partial charge on any atom is 0.337 e. The standard InChI is InChI=1S/C14H19N3O2/c1-14(2,16(3)4)8-17-9-15-12-10(13(18)19)6-5-7-11(12)17/h5-7,9H,8H2,1-4H3,(H,18,19). The number of hydrogen-bond acceptors (Lipinski definition) is 3. The van der Waals surface area contributed by atoms with E-state index in [4.69, 9.17) is 5.11 Å². The first-order valence-electron chi connectivity index (χ1n) is 6.17. The average molecular weight is 261 g/mol. The van der Waals surface area contributed by atoms with Crippen molar-refractivity contribution in [3.8, 4) is 0 Å². The largest absolute Gasteiger partial charge is 0.478 e. The third-order valence-electron chi connectivity index (χ3n) is 3.65. The Morgan fingerprint density at radius 2 is 2.11 bits per heavy atom. The number of fused-ring (bicyclic) bond motifs is 1. The first kappa shape index (κ1) is 13.5. The summed E-state index contributed by atoms with van der Waals surface area (Å²) in [4.78, 5) is 17.5. The number of aromatic nitrogens is 2. The summed E-state index contributed by atoms with van der Waals surface area (Å²) in [6.45, 7) is 5.03. The normalized spacial score (nSPS) is 12.3. The summed E-state index contributed by atoms with van der Waals surface area (Å²) in [5.74, 6) is -0.942. The molecule has 5 heteroatoms. The van der Waals surface area contributed by atoms with Crippen molar-refractivity contribution in [1.82, 2.24) is 14.5 Å². The lowest BCUT2D eigenvalue weighted by Gasteiger charge is -2.33. The molecule has 2 aromatic rings. The van der Waals surface area contributed by atoms with Crippen molar-refractivity contribution >= 4 is 17.0 Å². The molecule has 0 atom stereocenters. The zero-order valence-corrected chi connectivity index (χ0v) is 11.7. The molecule has 1 aromatic heterocycles. The molecule has 19 heavy (non-hydrogen) atoms. The van der Waals surface area contributed by atoms with Crippen LogP contribution in [0.2, 0.25) is 0 Å². The Morgan fingerprint density at radius 1 is 1.42 bits per heavy atom. The fourth-order valence-corrected chi connectivity index (χ4v) is 1.95. The van der Waals surface area contributed by atoms with Gasteiger partial charge in [0.25, 0.3) is 0 Å². The van der Waals surface area contributed by atoms with Gasteiger partial charge in [0.15, 0.2) is 0 Å². The molecule has 0 saturated carbocycles. The van der Waals surface area contributed by atoms with Gasteiger partial charge in [-0.2, -0.15) is 0 Å². The van der Waals surface area contributed by atoms with E-state index in [1.165, 1.54) is 0 Å². The third kappa shape index (κ3) is 2.46. The van der Waals surface area contributed by atoms with E-state index in [1.807, 2.05) is 24.7 Å². The number of aromatic carboxylic acids is 1. The lowest BCUT2D eigenvalue weighted by Crippen LogP contribution is -2.41. The van der Waals surface area contributed by atoms with Crippen molar-refractivity contribution in [2.75, 3.05) is 14.1 Å². The van der Waals surface area contributed by atoms with Gasteiger partial charge in [0.1, 0.15) is 5.52 Å². The molecule has 0 radical (unpaired) electrons. The van der Waals surface area contributed by atoms with E-state index in [2.05, 4.69) is 23.7 Å². The van der Waals surface area contributed by atoms with E-state index < -0.39 is 5.97 Å². The van der Waals surface area contributed by atoms with Crippen molar-refractivity contribution in [2.45, 2.75) is 25.9 Å². The van der Waals surface area contributed by atoms with Crippen LogP contribution in [-0.4, -0.2) is 45.2 Å². The molecule has 0 fully saturated rings. The minimum atomic E-state index is -0.942. The predicted molar refractivity (Wildman–Crippen MR) is 74.5 cm³/mol. The molecule has 0 aliphatic rings. The van der Waals surface area contributed by atoms with E-state index in [-0.39, 0.29) is 11.1 Å². The maximum atomic E-state index is 11.2. The highest BCUT2D eigenvalue weighted by Crippen LogP contribution is 2.21. The number of hydrogen-bond donors (Lipinski definition) is 1. The maximum absolute atomic E-state index is 11.2. The second-order valence-corrected chi connectivity index (χ2v) is 5.56. The zero-order chi connectivity index (χ0) is 14.2. The molecule has 1 N–H and O–H groups in total. The Balaban J connectivity index is 2.47. The van der Waals surface area contributed by atoms with Crippen LogP contribution in [0.5, 0.6) is 0 Å². The average Bonchev–Trinajstić information content (AvgIpc) is 2.71. The molecule has 0 spiro atoms. The summed E-state index contributed by atoms with van der Waals surface area (Å²) in [7, 11) is 4.06. The number of carbonyl (C=O) groups is 1. The molecule has 0 aliphatic heterocycles. The first-order valence-corrected chi connectivity index (χ1v) is 6.17. The minimum Gasteiger partial charge on any atom is -0.478 e. The molecule has 1 heterocycles. The number of para-hydroxylation sites is 1. The van der Waals surface area contributed by atoms with Gasteiger partial charge >= 0.3 is 5.97 Å². The lowest BCUT2D eigenvalue weighted by atomic mass is 10.0. The third-order valence-corrected chi connectivity index (χ3v) is 3.65. The Labute approximate surface area is 112 Å². The van der Waals surface area contributed by atoms with E-state index in [1.54, 1.807) is 18.5 Å². The van der Waals surface area contributed by atoms with Gasteiger partial charge in [-0.1, -0.05) is 6.07 Å². The number of carboxylic acid groups (broad SMARTS) is 1. The van der Waals surface area contributed by atoms with Crippen LogP contribution >= 0.6 is 0 Å². The molecule has 102 valence electrons. The van der Waals surface area contributed by atoms with Gasteiger partial charge in [-0.3, -0.25) is 0 Å². The number of imidazole rings is 1. The monoisotopic (exact) mass is 261 g/mol. The van der Waals surface area contributed by atoms with Gasteiger partial charge in [-0.25, -0.2) is 9.78 Å². The van der Waals surface area contributed by atoms with Gasteiger partial charge in [-0.05, 0) is 40.1 Å².